The average Bonchev–Trinajstić information content (AvgIpc) is 2.39. The van der Waals surface area contributed by atoms with Crippen LogP contribution in [0.15, 0.2) is 18.2 Å². The van der Waals surface area contributed by atoms with Crippen molar-refractivity contribution >= 4 is 11.7 Å². The van der Waals surface area contributed by atoms with Crippen LogP contribution in [-0.4, -0.2) is 29.4 Å². The van der Waals surface area contributed by atoms with E-state index in [0.29, 0.717) is 0 Å². The van der Waals surface area contributed by atoms with E-state index < -0.39 is 17.4 Å². The minimum Gasteiger partial charge on any atom is -0.394 e. The Morgan fingerprint density at radius 1 is 1.26 bits per heavy atom. The van der Waals surface area contributed by atoms with Crippen molar-refractivity contribution in [2.75, 3.05) is 6.61 Å². The van der Waals surface area contributed by atoms with Gasteiger partial charge in [-0.25, -0.2) is 8.78 Å². The van der Waals surface area contributed by atoms with Crippen molar-refractivity contribution in [2.24, 2.45) is 0 Å². The molecule has 0 saturated carbocycles. The van der Waals surface area contributed by atoms with Crippen molar-refractivity contribution in [3.05, 3.63) is 35.4 Å². The number of ketones is 1. The summed E-state index contributed by atoms with van der Waals surface area (Å²) in [5.41, 5.74) is 0.0295. The number of Topliss-reactive ketones (excluding diaryl/α,β-unsaturated/α-hetero) is 1. The Morgan fingerprint density at radius 3 is 2.53 bits per heavy atom. The first kappa shape index (κ1) is 15.2. The molecule has 2 N–H and O–H groups in total. The van der Waals surface area contributed by atoms with Gasteiger partial charge < -0.3 is 10.4 Å². The molecular weight excluding hydrogens is 256 g/mol. The second kappa shape index (κ2) is 6.94. The zero-order valence-electron chi connectivity index (χ0n) is 10.5. The molecule has 1 aromatic carbocycles. The van der Waals surface area contributed by atoms with Crippen LogP contribution in [0.1, 0.15) is 30.1 Å². The molecule has 0 spiro atoms. The Hall–Kier alpha value is -1.82. The summed E-state index contributed by atoms with van der Waals surface area (Å²) < 4.78 is 25.6. The van der Waals surface area contributed by atoms with E-state index in [2.05, 4.69) is 5.32 Å². The normalized spacial score (nSPS) is 12.0. The Labute approximate surface area is 109 Å². The van der Waals surface area contributed by atoms with Crippen LogP contribution in [0.3, 0.4) is 0 Å². The summed E-state index contributed by atoms with van der Waals surface area (Å²) in [7, 11) is 0. The number of amides is 1. The largest absolute Gasteiger partial charge is 0.394 e. The van der Waals surface area contributed by atoms with Gasteiger partial charge in [-0.2, -0.15) is 0 Å². The molecule has 1 rings (SSSR count). The number of hydrogen-bond acceptors (Lipinski definition) is 3. The number of carbonyl (C=O) groups is 2. The minimum absolute atomic E-state index is 0.0295. The van der Waals surface area contributed by atoms with Gasteiger partial charge in [0.15, 0.2) is 17.4 Å². The van der Waals surface area contributed by atoms with E-state index in [9.17, 15) is 18.4 Å². The predicted molar refractivity (Wildman–Crippen MR) is 64.6 cm³/mol. The van der Waals surface area contributed by atoms with Gasteiger partial charge in [-0.1, -0.05) is 0 Å². The highest BCUT2D eigenvalue weighted by atomic mass is 19.2. The number of nitrogens with one attached hydrogen (secondary N) is 1. The Balaban J connectivity index is 2.51. The summed E-state index contributed by atoms with van der Waals surface area (Å²) >= 11 is 0. The highest BCUT2D eigenvalue weighted by molar-refractivity contribution is 5.97. The molecule has 1 amide bonds. The topological polar surface area (TPSA) is 66.4 Å². The molecule has 6 heteroatoms. The molecule has 1 aromatic rings. The first-order valence-electron chi connectivity index (χ1n) is 5.82. The van der Waals surface area contributed by atoms with E-state index in [1.165, 1.54) is 6.07 Å². The first-order chi connectivity index (χ1) is 8.93. The van der Waals surface area contributed by atoms with Gasteiger partial charge in [-0.05, 0) is 25.1 Å². The van der Waals surface area contributed by atoms with Crippen LogP contribution in [0, 0.1) is 11.6 Å². The van der Waals surface area contributed by atoms with Crippen LogP contribution in [0.25, 0.3) is 0 Å². The minimum atomic E-state index is -1.09. The molecule has 0 aromatic heterocycles. The van der Waals surface area contributed by atoms with Crippen LogP contribution in [-0.2, 0) is 4.79 Å². The van der Waals surface area contributed by atoms with E-state index in [0.717, 1.165) is 12.1 Å². The van der Waals surface area contributed by atoms with Gasteiger partial charge in [0.25, 0.3) is 0 Å². The van der Waals surface area contributed by atoms with Crippen molar-refractivity contribution in [1.29, 1.82) is 0 Å². The summed E-state index contributed by atoms with van der Waals surface area (Å²) in [5.74, 6) is -2.93. The molecule has 0 radical (unpaired) electrons. The summed E-state index contributed by atoms with van der Waals surface area (Å²) in [5, 5.41) is 11.2. The molecule has 0 heterocycles. The number of benzene rings is 1. The zero-order valence-corrected chi connectivity index (χ0v) is 10.5. The summed E-state index contributed by atoms with van der Waals surface area (Å²) in [6.07, 6.45) is -0.169. The van der Waals surface area contributed by atoms with Crippen molar-refractivity contribution < 1.29 is 23.5 Å². The van der Waals surface area contributed by atoms with E-state index in [1.54, 1.807) is 6.92 Å². The predicted octanol–water partition coefficient (Wildman–Crippen LogP) is 1.42. The second-order valence-corrected chi connectivity index (χ2v) is 4.20. The standard InChI is InChI=1S/C13H15F2NO3/c1-8(7-17)16-13(19)5-4-12(18)9-2-3-10(14)11(15)6-9/h2-3,6,8,17H,4-5,7H2,1H3,(H,16,19). The number of carbonyl (C=O) groups excluding carboxylic acids is 2. The molecule has 0 aliphatic carbocycles. The third-order valence-corrected chi connectivity index (χ3v) is 2.50. The summed E-state index contributed by atoms with van der Waals surface area (Å²) in [6.45, 7) is 1.43. The lowest BCUT2D eigenvalue weighted by Gasteiger charge is -2.10. The Kier molecular flexibility index (Phi) is 5.57. The van der Waals surface area contributed by atoms with Gasteiger partial charge in [0.05, 0.1) is 6.61 Å². The van der Waals surface area contributed by atoms with Gasteiger partial charge in [-0.15, -0.1) is 0 Å². The van der Waals surface area contributed by atoms with Crippen LogP contribution >= 0.6 is 0 Å². The Morgan fingerprint density at radius 2 is 1.95 bits per heavy atom. The smallest absolute Gasteiger partial charge is 0.220 e. The maximum absolute atomic E-state index is 12.9. The van der Waals surface area contributed by atoms with Crippen molar-refractivity contribution in [3.63, 3.8) is 0 Å². The zero-order chi connectivity index (χ0) is 14.4. The monoisotopic (exact) mass is 271 g/mol. The molecule has 4 nitrogen and oxygen atoms in total. The van der Waals surface area contributed by atoms with Crippen LogP contribution in [0.2, 0.25) is 0 Å². The molecule has 0 saturated heterocycles. The van der Waals surface area contributed by atoms with E-state index in [1.807, 2.05) is 0 Å². The quantitative estimate of drug-likeness (QED) is 0.769. The first-order valence-corrected chi connectivity index (χ1v) is 5.82. The third-order valence-electron chi connectivity index (χ3n) is 2.50. The lowest BCUT2D eigenvalue weighted by molar-refractivity contribution is -0.121. The fourth-order valence-corrected chi connectivity index (χ4v) is 1.43. The molecule has 0 aliphatic heterocycles. The number of rotatable bonds is 6. The second-order valence-electron chi connectivity index (χ2n) is 4.20. The summed E-state index contributed by atoms with van der Waals surface area (Å²) in [4.78, 5) is 23.0. The average molecular weight is 271 g/mol. The fraction of sp³-hybridized carbons (Fsp3) is 0.385. The number of hydrogen-bond donors (Lipinski definition) is 2. The van der Waals surface area contributed by atoms with Gasteiger partial charge in [0, 0.05) is 24.4 Å². The molecule has 1 atom stereocenters. The lowest BCUT2D eigenvalue weighted by Crippen LogP contribution is -2.35. The highest BCUT2D eigenvalue weighted by Gasteiger charge is 2.12. The van der Waals surface area contributed by atoms with E-state index in [-0.39, 0.29) is 37.0 Å². The number of aliphatic hydroxyl groups excluding tert-OH is 1. The maximum atomic E-state index is 12.9. The molecule has 104 valence electrons. The van der Waals surface area contributed by atoms with Crippen molar-refractivity contribution in [1.82, 2.24) is 5.32 Å². The number of halogens is 2. The fourth-order valence-electron chi connectivity index (χ4n) is 1.43. The molecule has 1 unspecified atom stereocenters. The van der Waals surface area contributed by atoms with Crippen LogP contribution < -0.4 is 5.32 Å². The molecule has 0 bridgehead atoms. The molecule has 0 fully saturated rings. The highest BCUT2D eigenvalue weighted by Crippen LogP contribution is 2.11. The Bertz CT molecular complexity index is 477. The van der Waals surface area contributed by atoms with Crippen molar-refractivity contribution in [2.45, 2.75) is 25.8 Å². The van der Waals surface area contributed by atoms with E-state index in [4.69, 9.17) is 5.11 Å². The summed E-state index contributed by atoms with van der Waals surface area (Å²) in [6, 6.07) is 2.48. The number of aliphatic hydroxyl groups is 1. The third kappa shape index (κ3) is 4.75. The van der Waals surface area contributed by atoms with Gasteiger partial charge >= 0.3 is 0 Å². The van der Waals surface area contributed by atoms with Gasteiger partial charge in [-0.3, -0.25) is 9.59 Å². The van der Waals surface area contributed by atoms with Crippen LogP contribution in [0.4, 0.5) is 8.78 Å². The maximum Gasteiger partial charge on any atom is 0.220 e. The lowest BCUT2D eigenvalue weighted by atomic mass is 10.1. The molecular formula is C13H15F2NO3. The molecule has 19 heavy (non-hydrogen) atoms. The van der Waals surface area contributed by atoms with Gasteiger partial charge in [0.2, 0.25) is 5.91 Å². The van der Waals surface area contributed by atoms with Gasteiger partial charge in [0.1, 0.15) is 0 Å². The SMILES string of the molecule is CC(CO)NC(=O)CCC(=O)c1ccc(F)c(F)c1. The van der Waals surface area contributed by atoms with Crippen LogP contribution in [0.5, 0.6) is 0 Å². The van der Waals surface area contributed by atoms with E-state index >= 15 is 0 Å². The molecule has 0 aliphatic rings. The van der Waals surface area contributed by atoms with Crippen molar-refractivity contribution in [3.8, 4) is 0 Å².